The van der Waals surface area contributed by atoms with Crippen LogP contribution in [0.4, 0.5) is 0 Å². The fourth-order valence-corrected chi connectivity index (χ4v) is 9.90. The van der Waals surface area contributed by atoms with Crippen LogP contribution < -0.4 is 0 Å². The molecule has 0 aromatic heterocycles. The highest BCUT2D eigenvalue weighted by atomic mass is 32.2. The van der Waals surface area contributed by atoms with E-state index in [0.29, 0.717) is 12.8 Å². The van der Waals surface area contributed by atoms with E-state index in [4.69, 9.17) is 18.9 Å². The van der Waals surface area contributed by atoms with Crippen molar-refractivity contribution in [2.45, 2.75) is 307 Å². The molecule has 432 valence electrons. The third kappa shape index (κ3) is 43.7. The average molecular weight is 1070 g/mol. The van der Waals surface area contributed by atoms with Crippen LogP contribution in [0.15, 0.2) is 48.6 Å². The molecule has 1 aliphatic rings. The number of unbranched alkanes of at least 4 members (excludes halogenated alkanes) is 32. The first-order valence-electron chi connectivity index (χ1n) is 30.2. The van der Waals surface area contributed by atoms with Crippen LogP contribution in [0.25, 0.3) is 0 Å². The number of allylic oxidation sites excluding steroid dienone is 8. The Balaban J connectivity index is 2.29. The van der Waals surface area contributed by atoms with Gasteiger partial charge in [-0.1, -0.05) is 229 Å². The molecule has 74 heavy (non-hydrogen) atoms. The van der Waals surface area contributed by atoms with Gasteiger partial charge in [0.2, 0.25) is 0 Å². The topological polar surface area (TPSA) is 186 Å². The molecule has 1 aliphatic heterocycles. The molecule has 0 radical (unpaired) electrons. The van der Waals surface area contributed by atoms with Gasteiger partial charge < -0.3 is 34.3 Å². The minimum Gasteiger partial charge on any atom is -0.462 e. The maximum absolute atomic E-state index is 12.9. The third-order valence-electron chi connectivity index (χ3n) is 13.9. The van der Waals surface area contributed by atoms with Gasteiger partial charge in [0.05, 0.1) is 6.61 Å². The number of rotatable bonds is 52. The van der Waals surface area contributed by atoms with Gasteiger partial charge in [0.1, 0.15) is 36.8 Å². The molecule has 0 bridgehead atoms. The fraction of sp³-hybridized carbons (Fsp3) is 0.836. The summed E-state index contributed by atoms with van der Waals surface area (Å²) in [5, 5.41) is 31.1. The van der Waals surface area contributed by atoms with E-state index in [2.05, 4.69) is 62.5 Å². The van der Waals surface area contributed by atoms with Crippen LogP contribution in [0.1, 0.15) is 271 Å². The molecule has 1 saturated heterocycles. The zero-order valence-electron chi connectivity index (χ0n) is 47.0. The van der Waals surface area contributed by atoms with Crippen LogP contribution in [0.3, 0.4) is 0 Å². The number of hydrogen-bond acceptors (Lipinski definition) is 11. The van der Waals surface area contributed by atoms with E-state index in [9.17, 15) is 37.9 Å². The molecule has 6 atom stereocenters. The van der Waals surface area contributed by atoms with E-state index in [-0.39, 0.29) is 19.4 Å². The van der Waals surface area contributed by atoms with Crippen molar-refractivity contribution in [1.82, 2.24) is 0 Å². The first kappa shape index (κ1) is 69.6. The monoisotopic (exact) mass is 1070 g/mol. The highest BCUT2D eigenvalue weighted by Gasteiger charge is 2.46. The average Bonchev–Trinajstić information content (AvgIpc) is 3.37. The van der Waals surface area contributed by atoms with E-state index in [1.807, 2.05) is 0 Å². The molecule has 0 spiro atoms. The van der Waals surface area contributed by atoms with E-state index in [1.54, 1.807) is 0 Å². The van der Waals surface area contributed by atoms with Gasteiger partial charge >= 0.3 is 11.9 Å². The largest absolute Gasteiger partial charge is 0.462 e. The van der Waals surface area contributed by atoms with Gasteiger partial charge in [0.25, 0.3) is 10.1 Å². The number of aliphatic hydroxyl groups excluding tert-OH is 3. The summed E-state index contributed by atoms with van der Waals surface area (Å²) < 4.78 is 54.5. The molecule has 1 heterocycles. The molecular formula is C61H110O12S. The number of carbonyl (C=O) groups excluding carboxylic acids is 2. The first-order valence-corrected chi connectivity index (χ1v) is 31.8. The Morgan fingerprint density at radius 2 is 0.811 bits per heavy atom. The molecule has 0 aliphatic carbocycles. The van der Waals surface area contributed by atoms with Gasteiger partial charge in [-0.3, -0.25) is 14.1 Å². The highest BCUT2D eigenvalue weighted by molar-refractivity contribution is 7.85. The SMILES string of the molecule is CCCCCCC/C=C\C/C=C\CCCCCCCCCCCCCC(=O)OCC(COC1OC(CS(=O)(=O)O)C(O)C(O)C1O)OC(=O)CCCCCCCCCCCCC/C=C\C/C=C\CCCCCCC. The number of carbonyl (C=O) groups is 2. The lowest BCUT2D eigenvalue weighted by Crippen LogP contribution is -2.60. The van der Waals surface area contributed by atoms with E-state index in [1.165, 1.54) is 173 Å². The Bertz CT molecular complexity index is 1530. The van der Waals surface area contributed by atoms with Crippen molar-refractivity contribution < 1.29 is 56.8 Å². The zero-order valence-corrected chi connectivity index (χ0v) is 47.8. The van der Waals surface area contributed by atoms with E-state index in [0.717, 1.165) is 57.8 Å². The number of aliphatic hydroxyl groups is 3. The predicted octanol–water partition coefficient (Wildman–Crippen LogP) is 15.0. The van der Waals surface area contributed by atoms with E-state index >= 15 is 0 Å². The van der Waals surface area contributed by atoms with Crippen LogP contribution in [0, 0.1) is 0 Å². The van der Waals surface area contributed by atoms with Gasteiger partial charge in [0.15, 0.2) is 12.4 Å². The van der Waals surface area contributed by atoms with Crippen LogP contribution in [0.5, 0.6) is 0 Å². The highest BCUT2D eigenvalue weighted by Crippen LogP contribution is 2.24. The Kier molecular flexibility index (Phi) is 47.2. The van der Waals surface area contributed by atoms with Gasteiger partial charge in [-0.25, -0.2) is 0 Å². The van der Waals surface area contributed by atoms with Gasteiger partial charge in [-0.2, -0.15) is 8.42 Å². The Hall–Kier alpha value is -2.39. The van der Waals surface area contributed by atoms with Gasteiger partial charge in [-0.05, 0) is 77.0 Å². The van der Waals surface area contributed by atoms with Gasteiger partial charge in [-0.15, -0.1) is 0 Å². The second-order valence-corrected chi connectivity index (χ2v) is 22.5. The standard InChI is InChI=1S/C61H110O12S/c1-3-5-7-9-11-13-15-17-19-21-23-25-27-29-31-33-35-37-39-41-43-45-47-49-56(62)70-51-54(52-71-61-60(66)59(65)58(64)55(73-61)53-74(67,68)69)72-57(63)50-48-46-44-42-40-38-36-34-32-30-28-26-24-22-20-18-16-14-12-10-8-6-4-2/h15-18,21-24,54-55,58-61,64-66H,3-14,19-20,25-53H2,1-2H3,(H,67,68,69)/b17-15-,18-16-,23-21-,24-22-. The minimum absolute atomic E-state index is 0.162. The molecular weight excluding hydrogens is 957 g/mol. The summed E-state index contributed by atoms with van der Waals surface area (Å²) in [5.41, 5.74) is 0. The fourth-order valence-electron chi connectivity index (χ4n) is 9.21. The van der Waals surface area contributed by atoms with E-state index < -0.39 is 71.2 Å². The molecule has 0 saturated carbocycles. The molecule has 6 unspecified atom stereocenters. The van der Waals surface area contributed by atoms with Crippen molar-refractivity contribution in [2.24, 2.45) is 0 Å². The summed E-state index contributed by atoms with van der Waals surface area (Å²) in [6.07, 6.45) is 54.3. The Morgan fingerprint density at radius 3 is 1.19 bits per heavy atom. The number of ether oxygens (including phenoxy) is 4. The van der Waals surface area contributed by atoms with Crippen molar-refractivity contribution in [3.05, 3.63) is 48.6 Å². The lowest BCUT2D eigenvalue weighted by Gasteiger charge is -2.40. The minimum atomic E-state index is -4.61. The first-order chi connectivity index (χ1) is 36.0. The molecule has 12 nitrogen and oxygen atoms in total. The quantitative estimate of drug-likeness (QED) is 0.0196. The number of hydrogen-bond donors (Lipinski definition) is 4. The predicted molar refractivity (Wildman–Crippen MR) is 302 cm³/mol. The summed E-state index contributed by atoms with van der Waals surface area (Å²) in [6, 6.07) is 0. The Labute approximate surface area is 452 Å². The molecule has 0 amide bonds. The van der Waals surface area contributed by atoms with Crippen molar-refractivity contribution in [1.29, 1.82) is 0 Å². The summed E-state index contributed by atoms with van der Waals surface area (Å²) in [4.78, 5) is 25.7. The van der Waals surface area contributed by atoms with Crippen LogP contribution in [-0.4, -0.2) is 96.0 Å². The molecule has 0 aromatic rings. The maximum Gasteiger partial charge on any atom is 0.306 e. The van der Waals surface area contributed by atoms with Crippen molar-refractivity contribution >= 4 is 22.1 Å². The summed E-state index contributed by atoms with van der Waals surface area (Å²) in [7, 11) is -4.61. The summed E-state index contributed by atoms with van der Waals surface area (Å²) in [5.74, 6) is -1.98. The zero-order chi connectivity index (χ0) is 54.0. The molecule has 0 aromatic carbocycles. The van der Waals surface area contributed by atoms with Crippen molar-refractivity contribution in [3.8, 4) is 0 Å². The molecule has 1 fully saturated rings. The van der Waals surface area contributed by atoms with Gasteiger partial charge in [0, 0.05) is 12.8 Å². The van der Waals surface area contributed by atoms with Crippen LogP contribution in [-0.2, 0) is 38.7 Å². The normalized spacial score (nSPS) is 18.9. The second kappa shape index (κ2) is 50.1. The smallest absolute Gasteiger partial charge is 0.306 e. The molecule has 4 N–H and O–H groups in total. The van der Waals surface area contributed by atoms with Crippen LogP contribution >= 0.6 is 0 Å². The number of esters is 2. The molecule has 1 rings (SSSR count). The summed E-state index contributed by atoms with van der Waals surface area (Å²) >= 11 is 0. The lowest BCUT2D eigenvalue weighted by atomic mass is 10.00. The summed E-state index contributed by atoms with van der Waals surface area (Å²) in [6.45, 7) is 3.79. The lowest BCUT2D eigenvalue weighted by molar-refractivity contribution is -0.297. The Morgan fingerprint density at radius 1 is 0.459 bits per heavy atom. The van der Waals surface area contributed by atoms with Crippen molar-refractivity contribution in [3.63, 3.8) is 0 Å². The molecule has 13 heteroatoms. The second-order valence-electron chi connectivity index (χ2n) is 21.0. The third-order valence-corrected chi connectivity index (χ3v) is 14.6. The van der Waals surface area contributed by atoms with Crippen LogP contribution in [0.2, 0.25) is 0 Å². The van der Waals surface area contributed by atoms with Crippen molar-refractivity contribution in [2.75, 3.05) is 19.0 Å². The maximum atomic E-state index is 12.9.